The number of benzene rings is 7. The van der Waals surface area contributed by atoms with Gasteiger partial charge in [-0.25, -0.2) is 0 Å². The number of fused-ring (bicyclic) bond motifs is 7. The number of nitrogens with zero attached hydrogens (tertiary/aromatic N) is 2. The highest BCUT2D eigenvalue weighted by Crippen LogP contribution is 2.44. The van der Waals surface area contributed by atoms with E-state index in [0.29, 0.717) is 0 Å². The van der Waals surface area contributed by atoms with Crippen LogP contribution in [-0.4, -0.2) is 9.13 Å². The van der Waals surface area contributed by atoms with Gasteiger partial charge in [0.25, 0.3) is 0 Å². The van der Waals surface area contributed by atoms with E-state index in [9.17, 15) is 0 Å². The zero-order valence-electron chi connectivity index (χ0n) is 27.3. The van der Waals surface area contributed by atoms with Gasteiger partial charge in [-0.3, -0.25) is 0 Å². The van der Waals surface area contributed by atoms with Crippen molar-refractivity contribution in [2.45, 2.75) is 18.8 Å². The van der Waals surface area contributed by atoms with Crippen LogP contribution in [0.3, 0.4) is 0 Å². The maximum Gasteiger partial charge on any atom is 0.0547 e. The summed E-state index contributed by atoms with van der Waals surface area (Å²) in [6.45, 7) is 2.40. The number of rotatable bonds is 4. The quantitative estimate of drug-likeness (QED) is 0.184. The van der Waals surface area contributed by atoms with E-state index in [0.717, 1.165) is 6.42 Å². The van der Waals surface area contributed by atoms with Crippen LogP contribution in [0.15, 0.2) is 170 Å². The molecule has 0 spiro atoms. The molecule has 0 amide bonds. The standard InChI is InChI=1S/C47H34N2/c1-47(27-26-45-42(31-47)39-18-10-11-19-43(39)49(45)38-23-20-33-14-8-9-15-34(33)28-38)36-22-25-44-41(30-36)40-24-21-35(32-12-4-2-5-13-32)29-46(40)48(44)37-16-6-3-7-17-37/h2-30H,31H2,1H3. The van der Waals surface area contributed by atoms with E-state index in [2.05, 4.69) is 192 Å². The Morgan fingerprint density at radius 1 is 0.469 bits per heavy atom. The first kappa shape index (κ1) is 27.9. The molecular formula is C47H34N2. The van der Waals surface area contributed by atoms with Crippen molar-refractivity contribution in [1.29, 1.82) is 0 Å². The maximum absolute atomic E-state index is 2.46. The summed E-state index contributed by atoms with van der Waals surface area (Å²) in [7, 11) is 0. The summed E-state index contributed by atoms with van der Waals surface area (Å²) in [4.78, 5) is 0. The van der Waals surface area contributed by atoms with Crippen LogP contribution in [0.25, 0.3) is 72.1 Å². The fourth-order valence-corrected chi connectivity index (χ4v) is 8.21. The van der Waals surface area contributed by atoms with Crippen LogP contribution < -0.4 is 0 Å². The molecule has 0 fully saturated rings. The second-order valence-electron chi connectivity index (χ2n) is 13.7. The Hall–Kier alpha value is -6.12. The summed E-state index contributed by atoms with van der Waals surface area (Å²) in [5.41, 5.74) is 12.4. The Bertz CT molecular complexity index is 2740. The third-order valence-electron chi connectivity index (χ3n) is 10.7. The lowest BCUT2D eigenvalue weighted by Gasteiger charge is -2.30. The Kier molecular flexibility index (Phi) is 6.10. The fourth-order valence-electron chi connectivity index (χ4n) is 8.21. The van der Waals surface area contributed by atoms with Gasteiger partial charge < -0.3 is 9.13 Å². The zero-order valence-corrected chi connectivity index (χ0v) is 27.3. The van der Waals surface area contributed by atoms with E-state index in [1.165, 1.54) is 82.8 Å². The molecule has 9 aromatic rings. The molecule has 10 rings (SSSR count). The first-order valence-electron chi connectivity index (χ1n) is 17.1. The largest absolute Gasteiger partial charge is 0.310 e. The van der Waals surface area contributed by atoms with Crippen molar-refractivity contribution in [1.82, 2.24) is 9.13 Å². The number of allylic oxidation sites excluding steroid dienone is 1. The van der Waals surface area contributed by atoms with Gasteiger partial charge in [-0.15, -0.1) is 0 Å². The predicted molar refractivity (Wildman–Crippen MR) is 207 cm³/mol. The SMILES string of the molecule is CC1(c2ccc3c(c2)c2ccc(-c4ccccc4)cc2n3-c2ccccc2)C=Cc2c(c3ccccc3n2-c2ccc3ccccc3c2)C1. The molecule has 2 heterocycles. The Morgan fingerprint density at radius 3 is 2.06 bits per heavy atom. The summed E-state index contributed by atoms with van der Waals surface area (Å²) in [5.74, 6) is 0. The number of hydrogen-bond donors (Lipinski definition) is 0. The summed E-state index contributed by atoms with van der Waals surface area (Å²) in [6, 6.07) is 59.9. The minimum Gasteiger partial charge on any atom is -0.310 e. The van der Waals surface area contributed by atoms with Crippen molar-refractivity contribution in [2.24, 2.45) is 0 Å². The van der Waals surface area contributed by atoms with Crippen LogP contribution in [0.1, 0.15) is 23.7 Å². The molecule has 1 atom stereocenters. The van der Waals surface area contributed by atoms with Crippen molar-refractivity contribution < 1.29 is 0 Å². The van der Waals surface area contributed by atoms with E-state index >= 15 is 0 Å². The molecule has 49 heavy (non-hydrogen) atoms. The molecule has 2 nitrogen and oxygen atoms in total. The van der Waals surface area contributed by atoms with Gasteiger partial charge in [-0.2, -0.15) is 0 Å². The predicted octanol–water partition coefficient (Wildman–Crippen LogP) is 12.1. The van der Waals surface area contributed by atoms with Crippen molar-refractivity contribution in [3.8, 4) is 22.5 Å². The third-order valence-corrected chi connectivity index (χ3v) is 10.7. The molecule has 2 aromatic heterocycles. The maximum atomic E-state index is 2.46. The number of para-hydroxylation sites is 2. The van der Waals surface area contributed by atoms with Gasteiger partial charge in [0.1, 0.15) is 0 Å². The Balaban J connectivity index is 1.13. The zero-order chi connectivity index (χ0) is 32.5. The van der Waals surface area contributed by atoms with Crippen LogP contribution in [0.5, 0.6) is 0 Å². The summed E-state index contributed by atoms with van der Waals surface area (Å²) < 4.78 is 4.88. The van der Waals surface area contributed by atoms with Crippen molar-refractivity contribution >= 4 is 49.6 Å². The molecule has 1 unspecified atom stereocenters. The van der Waals surface area contributed by atoms with Crippen LogP contribution >= 0.6 is 0 Å². The van der Waals surface area contributed by atoms with E-state index in [4.69, 9.17) is 0 Å². The van der Waals surface area contributed by atoms with Crippen LogP contribution in [0.4, 0.5) is 0 Å². The molecule has 1 aliphatic carbocycles. The van der Waals surface area contributed by atoms with Crippen molar-refractivity contribution in [2.75, 3.05) is 0 Å². The van der Waals surface area contributed by atoms with Crippen molar-refractivity contribution in [3.05, 3.63) is 187 Å². The highest BCUT2D eigenvalue weighted by Gasteiger charge is 2.32. The lowest BCUT2D eigenvalue weighted by atomic mass is 9.73. The van der Waals surface area contributed by atoms with Gasteiger partial charge in [-0.1, -0.05) is 128 Å². The third kappa shape index (κ3) is 4.34. The van der Waals surface area contributed by atoms with E-state index in [1.807, 2.05) is 0 Å². The summed E-state index contributed by atoms with van der Waals surface area (Å²) in [6.07, 6.45) is 5.75. The van der Waals surface area contributed by atoms with Crippen LogP contribution in [0, 0.1) is 0 Å². The Labute approximate surface area is 285 Å². The van der Waals surface area contributed by atoms with Crippen LogP contribution in [-0.2, 0) is 11.8 Å². The average Bonchev–Trinajstić information content (AvgIpc) is 3.67. The van der Waals surface area contributed by atoms with E-state index in [1.54, 1.807) is 0 Å². The molecule has 0 saturated heterocycles. The Morgan fingerprint density at radius 2 is 1.20 bits per heavy atom. The summed E-state index contributed by atoms with van der Waals surface area (Å²) >= 11 is 0. The van der Waals surface area contributed by atoms with Gasteiger partial charge in [0.05, 0.1) is 16.6 Å². The average molecular weight is 627 g/mol. The first-order valence-corrected chi connectivity index (χ1v) is 17.1. The number of aromatic nitrogens is 2. The second kappa shape index (κ2) is 10.7. The van der Waals surface area contributed by atoms with E-state index < -0.39 is 0 Å². The molecule has 0 radical (unpaired) electrons. The molecule has 0 N–H and O–H groups in total. The van der Waals surface area contributed by atoms with Crippen molar-refractivity contribution in [3.63, 3.8) is 0 Å². The second-order valence-corrected chi connectivity index (χ2v) is 13.7. The minimum atomic E-state index is -0.162. The van der Waals surface area contributed by atoms with Gasteiger partial charge in [0, 0.05) is 38.6 Å². The van der Waals surface area contributed by atoms with Gasteiger partial charge in [0.2, 0.25) is 0 Å². The van der Waals surface area contributed by atoms with Gasteiger partial charge in [-0.05, 0) is 94.1 Å². The smallest absolute Gasteiger partial charge is 0.0547 e. The van der Waals surface area contributed by atoms with E-state index in [-0.39, 0.29) is 5.41 Å². The lowest BCUT2D eigenvalue weighted by molar-refractivity contribution is 0.589. The number of hydrogen-bond acceptors (Lipinski definition) is 0. The molecule has 0 saturated carbocycles. The molecular weight excluding hydrogens is 593 g/mol. The fraction of sp³-hybridized carbons (Fsp3) is 0.0638. The van der Waals surface area contributed by atoms with Crippen LogP contribution in [0.2, 0.25) is 0 Å². The topological polar surface area (TPSA) is 9.86 Å². The molecule has 7 aromatic carbocycles. The lowest BCUT2D eigenvalue weighted by Crippen LogP contribution is -2.25. The monoisotopic (exact) mass is 626 g/mol. The molecule has 0 aliphatic heterocycles. The minimum absolute atomic E-state index is 0.162. The first-order chi connectivity index (χ1) is 24.1. The normalized spacial score (nSPS) is 15.8. The highest BCUT2D eigenvalue weighted by atomic mass is 15.0. The molecule has 232 valence electrons. The highest BCUT2D eigenvalue weighted by molar-refractivity contribution is 6.10. The molecule has 1 aliphatic rings. The van der Waals surface area contributed by atoms with Gasteiger partial charge >= 0.3 is 0 Å². The van der Waals surface area contributed by atoms with Gasteiger partial charge in [0.15, 0.2) is 0 Å². The summed E-state index contributed by atoms with van der Waals surface area (Å²) in [5, 5.41) is 6.42. The molecule has 0 bridgehead atoms. The molecule has 2 heteroatoms.